The number of nitrogens with zero attached hydrogens (tertiary/aromatic N) is 1. The molecule has 0 spiro atoms. The molecule has 1 aromatic carbocycles. The first kappa shape index (κ1) is 12.6. The highest BCUT2D eigenvalue weighted by molar-refractivity contribution is 6.37. The fraction of sp³-hybridized carbons (Fsp3) is 0.0909. The lowest BCUT2D eigenvalue weighted by atomic mass is 10.1. The van der Waals surface area contributed by atoms with E-state index in [-0.39, 0.29) is 11.4 Å². The third-order valence-corrected chi connectivity index (χ3v) is 2.55. The minimum absolute atomic E-state index is 0.127. The molecule has 8 heteroatoms. The highest BCUT2D eigenvalue weighted by Gasteiger charge is 2.24. The van der Waals surface area contributed by atoms with Crippen LogP contribution in [0, 0.1) is 10.1 Å². The Bertz CT molecular complexity index is 609. The minimum atomic E-state index is -1.71. The quantitative estimate of drug-likeness (QED) is 0.416. The Labute approximate surface area is 106 Å². The number of nitro groups is 1. The lowest BCUT2D eigenvalue weighted by molar-refractivity contribution is -0.383. The van der Waals surface area contributed by atoms with E-state index in [0.717, 1.165) is 0 Å². The van der Waals surface area contributed by atoms with E-state index >= 15 is 0 Å². The number of carboxylic acid groups (broad SMARTS) is 1. The van der Waals surface area contributed by atoms with Crippen molar-refractivity contribution in [1.82, 2.24) is 0 Å². The summed E-state index contributed by atoms with van der Waals surface area (Å²) >= 11 is 0. The third kappa shape index (κ3) is 2.37. The van der Waals surface area contributed by atoms with Gasteiger partial charge in [0.15, 0.2) is 0 Å². The van der Waals surface area contributed by atoms with Crippen molar-refractivity contribution >= 4 is 35.0 Å². The van der Waals surface area contributed by atoms with E-state index in [1.54, 1.807) is 12.2 Å². The smallest absolute Gasteiger partial charge is 0.394 e. The SMILES string of the molecule is O=C(O)C(=O)Nc1c([N+](=O)[O-])ccc2c1C=CCN2. The summed E-state index contributed by atoms with van der Waals surface area (Å²) in [6.07, 6.45) is 3.30. The Hall–Kier alpha value is -2.90. The lowest BCUT2D eigenvalue weighted by Crippen LogP contribution is -2.23. The minimum Gasteiger partial charge on any atom is -0.474 e. The van der Waals surface area contributed by atoms with Crippen molar-refractivity contribution in [2.75, 3.05) is 17.2 Å². The Balaban J connectivity index is 2.54. The first-order valence-electron chi connectivity index (χ1n) is 5.27. The number of benzene rings is 1. The maximum Gasteiger partial charge on any atom is 0.394 e. The molecular weight excluding hydrogens is 254 g/mol. The number of carbonyl (C=O) groups excluding carboxylic acids is 1. The number of nitro benzene ring substituents is 1. The van der Waals surface area contributed by atoms with Crippen LogP contribution < -0.4 is 10.6 Å². The van der Waals surface area contributed by atoms with Crippen LogP contribution in [0.4, 0.5) is 17.1 Å². The van der Waals surface area contributed by atoms with Crippen molar-refractivity contribution in [3.8, 4) is 0 Å². The predicted octanol–water partition coefficient (Wildman–Crippen LogP) is 1.06. The second-order valence-electron chi connectivity index (χ2n) is 3.72. The van der Waals surface area contributed by atoms with E-state index in [1.165, 1.54) is 12.1 Å². The van der Waals surface area contributed by atoms with Crippen LogP contribution in [0.25, 0.3) is 6.08 Å². The molecule has 1 aromatic rings. The van der Waals surface area contributed by atoms with Gasteiger partial charge in [-0.15, -0.1) is 0 Å². The van der Waals surface area contributed by atoms with Crippen molar-refractivity contribution in [2.24, 2.45) is 0 Å². The van der Waals surface area contributed by atoms with Gasteiger partial charge in [-0.3, -0.25) is 14.9 Å². The molecule has 0 radical (unpaired) electrons. The van der Waals surface area contributed by atoms with Crippen molar-refractivity contribution in [3.63, 3.8) is 0 Å². The van der Waals surface area contributed by atoms with Crippen LogP contribution >= 0.6 is 0 Å². The number of amides is 1. The van der Waals surface area contributed by atoms with Gasteiger partial charge in [0.1, 0.15) is 5.69 Å². The van der Waals surface area contributed by atoms with Crippen molar-refractivity contribution in [1.29, 1.82) is 0 Å². The lowest BCUT2D eigenvalue weighted by Gasteiger charge is -2.16. The number of aliphatic carboxylic acids is 1. The van der Waals surface area contributed by atoms with Crippen molar-refractivity contribution in [3.05, 3.63) is 33.9 Å². The van der Waals surface area contributed by atoms with Gasteiger partial charge in [-0.05, 0) is 6.07 Å². The average molecular weight is 263 g/mol. The van der Waals surface area contributed by atoms with E-state index in [9.17, 15) is 19.7 Å². The number of nitrogens with one attached hydrogen (secondary N) is 2. The monoisotopic (exact) mass is 263 g/mol. The van der Waals surface area contributed by atoms with Gasteiger partial charge < -0.3 is 15.7 Å². The molecule has 0 saturated carbocycles. The molecule has 8 nitrogen and oxygen atoms in total. The fourth-order valence-corrected chi connectivity index (χ4v) is 1.73. The summed E-state index contributed by atoms with van der Waals surface area (Å²) in [5.41, 5.74) is 0.490. The summed E-state index contributed by atoms with van der Waals surface area (Å²) in [7, 11) is 0. The molecule has 2 rings (SSSR count). The largest absolute Gasteiger partial charge is 0.474 e. The molecule has 0 saturated heterocycles. The van der Waals surface area contributed by atoms with E-state index in [0.29, 0.717) is 17.8 Å². The van der Waals surface area contributed by atoms with Gasteiger partial charge in [0.05, 0.1) is 4.92 Å². The normalized spacial score (nSPS) is 12.2. The van der Waals surface area contributed by atoms with Gasteiger partial charge >= 0.3 is 11.9 Å². The topological polar surface area (TPSA) is 122 Å². The maximum atomic E-state index is 11.2. The predicted molar refractivity (Wildman–Crippen MR) is 66.9 cm³/mol. The molecule has 0 atom stereocenters. The zero-order chi connectivity index (χ0) is 14.0. The van der Waals surface area contributed by atoms with Crippen LogP contribution in [-0.2, 0) is 9.59 Å². The van der Waals surface area contributed by atoms with Gasteiger partial charge in [-0.2, -0.15) is 0 Å². The second kappa shape index (κ2) is 4.77. The fourth-order valence-electron chi connectivity index (χ4n) is 1.73. The second-order valence-corrected chi connectivity index (χ2v) is 3.72. The summed E-state index contributed by atoms with van der Waals surface area (Å²) in [4.78, 5) is 32.0. The Morgan fingerprint density at radius 3 is 2.79 bits per heavy atom. The Morgan fingerprint density at radius 1 is 1.42 bits per heavy atom. The molecule has 0 fully saturated rings. The number of hydrogen-bond donors (Lipinski definition) is 3. The van der Waals surface area contributed by atoms with Crippen LogP contribution in [0.1, 0.15) is 5.56 Å². The van der Waals surface area contributed by atoms with E-state index < -0.39 is 16.8 Å². The first-order chi connectivity index (χ1) is 9.00. The number of carboxylic acids is 1. The van der Waals surface area contributed by atoms with Crippen LogP contribution in [0.2, 0.25) is 0 Å². The first-order valence-corrected chi connectivity index (χ1v) is 5.27. The molecule has 19 heavy (non-hydrogen) atoms. The van der Waals surface area contributed by atoms with Gasteiger partial charge in [0, 0.05) is 23.9 Å². The Kier molecular flexibility index (Phi) is 3.15. The highest BCUT2D eigenvalue weighted by Crippen LogP contribution is 2.36. The van der Waals surface area contributed by atoms with Gasteiger partial charge in [-0.25, -0.2) is 4.79 Å². The molecule has 0 aromatic heterocycles. The van der Waals surface area contributed by atoms with Crippen LogP contribution in [0.3, 0.4) is 0 Å². The van der Waals surface area contributed by atoms with Crippen LogP contribution in [-0.4, -0.2) is 28.5 Å². The molecule has 3 N–H and O–H groups in total. The molecule has 1 amide bonds. The van der Waals surface area contributed by atoms with Gasteiger partial charge in [0.2, 0.25) is 0 Å². The van der Waals surface area contributed by atoms with Gasteiger partial charge in [-0.1, -0.05) is 12.2 Å². The van der Waals surface area contributed by atoms with E-state index in [1.807, 2.05) is 5.32 Å². The van der Waals surface area contributed by atoms with Gasteiger partial charge in [0.25, 0.3) is 5.69 Å². The van der Waals surface area contributed by atoms with Crippen LogP contribution in [0.5, 0.6) is 0 Å². The third-order valence-electron chi connectivity index (χ3n) is 2.55. The van der Waals surface area contributed by atoms with E-state index in [2.05, 4.69) is 5.32 Å². The average Bonchev–Trinajstić information content (AvgIpc) is 2.38. The summed E-state index contributed by atoms with van der Waals surface area (Å²) in [6.45, 7) is 0.553. The summed E-state index contributed by atoms with van der Waals surface area (Å²) in [5.74, 6) is -3.03. The number of hydrogen-bond acceptors (Lipinski definition) is 5. The Morgan fingerprint density at radius 2 is 2.16 bits per heavy atom. The maximum absolute atomic E-state index is 11.2. The standard InChI is InChI=1S/C11H9N3O5/c15-10(11(16)17)13-9-6-2-1-5-12-7(6)3-4-8(9)14(18)19/h1-4,12H,5H2,(H,13,15)(H,16,17). The molecule has 1 heterocycles. The molecule has 98 valence electrons. The number of fused-ring (bicyclic) bond motifs is 1. The van der Waals surface area contributed by atoms with Crippen LogP contribution in [0.15, 0.2) is 18.2 Å². The molecule has 0 bridgehead atoms. The summed E-state index contributed by atoms with van der Waals surface area (Å²) in [6, 6.07) is 2.72. The number of anilines is 2. The molecule has 1 aliphatic heterocycles. The highest BCUT2D eigenvalue weighted by atomic mass is 16.6. The summed E-state index contributed by atoms with van der Waals surface area (Å²) in [5, 5.41) is 24.5. The number of rotatable bonds is 2. The van der Waals surface area contributed by atoms with Crippen molar-refractivity contribution < 1.29 is 19.6 Å². The molecule has 0 unspecified atom stereocenters. The molecule has 0 aliphatic carbocycles. The van der Waals surface area contributed by atoms with Crippen molar-refractivity contribution in [2.45, 2.75) is 0 Å². The number of carbonyl (C=O) groups is 2. The molecule has 1 aliphatic rings. The zero-order valence-corrected chi connectivity index (χ0v) is 9.54. The summed E-state index contributed by atoms with van der Waals surface area (Å²) < 4.78 is 0. The molecular formula is C11H9N3O5. The van der Waals surface area contributed by atoms with E-state index in [4.69, 9.17) is 5.11 Å². The zero-order valence-electron chi connectivity index (χ0n) is 9.54.